The second-order valence-electron chi connectivity index (χ2n) is 5.91. The Morgan fingerprint density at radius 2 is 2.04 bits per heavy atom. The summed E-state index contributed by atoms with van der Waals surface area (Å²) in [4.78, 5) is 37.6. The summed E-state index contributed by atoms with van der Waals surface area (Å²) in [6.07, 6.45) is 0.745. The molecular formula is C18H23N3O5S. The molecule has 2 rings (SSSR count). The fourth-order valence-corrected chi connectivity index (χ4v) is 2.88. The van der Waals surface area contributed by atoms with E-state index < -0.39 is 17.9 Å². The van der Waals surface area contributed by atoms with Crippen molar-refractivity contribution in [1.82, 2.24) is 15.5 Å². The molecule has 1 aliphatic heterocycles. The van der Waals surface area contributed by atoms with Gasteiger partial charge in [-0.15, -0.1) is 0 Å². The minimum Gasteiger partial charge on any atom is -0.494 e. The Bertz CT molecular complexity index is 707. The fourth-order valence-electron chi connectivity index (χ4n) is 2.57. The maximum Gasteiger partial charge on any atom is 0.308 e. The number of carbonyl (C=O) groups excluding carboxylic acids is 3. The van der Waals surface area contributed by atoms with Gasteiger partial charge >= 0.3 is 5.97 Å². The highest BCUT2D eigenvalue weighted by atomic mass is 32.1. The average molecular weight is 393 g/mol. The molecule has 2 amide bonds. The summed E-state index contributed by atoms with van der Waals surface area (Å²) in [5.74, 6) is -0.578. The monoisotopic (exact) mass is 393 g/mol. The first-order valence-corrected chi connectivity index (χ1v) is 9.06. The van der Waals surface area contributed by atoms with Gasteiger partial charge in [0, 0.05) is 18.7 Å². The Morgan fingerprint density at radius 3 is 2.67 bits per heavy atom. The number of ether oxygens (including phenoxy) is 2. The SMILES string of the molecule is CCCOc1ccc(C(=O)NC(=S)N2CCNC(=O)C2CC(=O)OC)cc1. The third-order valence-electron chi connectivity index (χ3n) is 3.99. The van der Waals surface area contributed by atoms with E-state index in [1.54, 1.807) is 24.3 Å². The number of thiocarbonyl (C=S) groups is 1. The van der Waals surface area contributed by atoms with Gasteiger partial charge in [-0.25, -0.2) is 0 Å². The van der Waals surface area contributed by atoms with Crippen LogP contribution in [0.5, 0.6) is 5.75 Å². The molecule has 1 heterocycles. The van der Waals surface area contributed by atoms with Gasteiger partial charge in [-0.05, 0) is 42.9 Å². The van der Waals surface area contributed by atoms with Crippen LogP contribution < -0.4 is 15.4 Å². The molecule has 2 N–H and O–H groups in total. The lowest BCUT2D eigenvalue weighted by molar-refractivity contribution is -0.144. The summed E-state index contributed by atoms with van der Waals surface area (Å²) in [7, 11) is 1.25. The van der Waals surface area contributed by atoms with Crippen LogP contribution in [0.4, 0.5) is 0 Å². The van der Waals surface area contributed by atoms with Gasteiger partial charge in [0.15, 0.2) is 5.11 Å². The number of piperazine rings is 1. The van der Waals surface area contributed by atoms with E-state index in [4.69, 9.17) is 17.0 Å². The van der Waals surface area contributed by atoms with Crippen LogP contribution >= 0.6 is 12.2 Å². The van der Waals surface area contributed by atoms with Crippen molar-refractivity contribution in [2.24, 2.45) is 0 Å². The van der Waals surface area contributed by atoms with Crippen molar-refractivity contribution in [3.63, 3.8) is 0 Å². The second-order valence-corrected chi connectivity index (χ2v) is 6.30. The molecule has 146 valence electrons. The molecule has 1 aromatic rings. The first kappa shape index (κ1) is 20.6. The first-order valence-electron chi connectivity index (χ1n) is 8.65. The average Bonchev–Trinajstić information content (AvgIpc) is 2.67. The minimum absolute atomic E-state index is 0.0927. The number of carbonyl (C=O) groups is 3. The minimum atomic E-state index is -0.816. The van der Waals surface area contributed by atoms with E-state index in [0.29, 0.717) is 31.0 Å². The molecule has 0 radical (unpaired) electrons. The molecule has 1 unspecified atom stereocenters. The van der Waals surface area contributed by atoms with Gasteiger partial charge in [0.05, 0.1) is 20.1 Å². The van der Waals surface area contributed by atoms with Crippen molar-refractivity contribution in [2.75, 3.05) is 26.8 Å². The van der Waals surface area contributed by atoms with Gasteiger partial charge in [-0.2, -0.15) is 0 Å². The quantitative estimate of drug-likeness (QED) is 0.546. The number of amides is 2. The number of nitrogens with one attached hydrogen (secondary N) is 2. The molecule has 8 nitrogen and oxygen atoms in total. The topological polar surface area (TPSA) is 97.0 Å². The molecule has 1 aromatic carbocycles. The summed E-state index contributed by atoms with van der Waals surface area (Å²) in [6, 6.07) is 5.88. The van der Waals surface area contributed by atoms with Crippen LogP contribution in [0.2, 0.25) is 0 Å². The van der Waals surface area contributed by atoms with Crippen LogP contribution in [-0.4, -0.2) is 60.6 Å². The predicted molar refractivity (Wildman–Crippen MR) is 102 cm³/mol. The maximum absolute atomic E-state index is 12.4. The summed E-state index contributed by atoms with van der Waals surface area (Å²) in [6.45, 7) is 3.37. The highest BCUT2D eigenvalue weighted by molar-refractivity contribution is 7.80. The van der Waals surface area contributed by atoms with Crippen LogP contribution in [0.25, 0.3) is 0 Å². The number of esters is 1. The maximum atomic E-state index is 12.4. The molecule has 0 aromatic heterocycles. The molecule has 1 saturated heterocycles. The van der Waals surface area contributed by atoms with Crippen molar-refractivity contribution in [1.29, 1.82) is 0 Å². The normalized spacial score (nSPS) is 16.3. The number of hydrogen-bond acceptors (Lipinski definition) is 6. The van der Waals surface area contributed by atoms with Crippen molar-refractivity contribution >= 4 is 35.1 Å². The zero-order valence-electron chi connectivity index (χ0n) is 15.3. The molecule has 0 bridgehead atoms. The predicted octanol–water partition coefficient (Wildman–Crippen LogP) is 0.854. The lowest BCUT2D eigenvalue weighted by Crippen LogP contribution is -2.60. The second kappa shape index (κ2) is 9.86. The highest BCUT2D eigenvalue weighted by Gasteiger charge is 2.34. The fraction of sp³-hybridized carbons (Fsp3) is 0.444. The van der Waals surface area contributed by atoms with Crippen molar-refractivity contribution in [3.8, 4) is 5.75 Å². The summed E-state index contributed by atoms with van der Waals surface area (Å²) in [5, 5.41) is 5.39. The van der Waals surface area contributed by atoms with Gasteiger partial charge < -0.3 is 19.7 Å². The van der Waals surface area contributed by atoms with Crippen LogP contribution in [0.1, 0.15) is 30.1 Å². The van der Waals surface area contributed by atoms with E-state index in [0.717, 1.165) is 6.42 Å². The van der Waals surface area contributed by atoms with Crippen molar-refractivity contribution in [2.45, 2.75) is 25.8 Å². The zero-order chi connectivity index (χ0) is 19.8. The molecule has 0 saturated carbocycles. The smallest absolute Gasteiger partial charge is 0.308 e. The Kier molecular flexibility index (Phi) is 7.54. The third-order valence-corrected chi connectivity index (χ3v) is 4.33. The van der Waals surface area contributed by atoms with Crippen molar-refractivity contribution in [3.05, 3.63) is 29.8 Å². The van der Waals surface area contributed by atoms with Gasteiger partial charge in [-0.3, -0.25) is 19.7 Å². The third kappa shape index (κ3) is 5.65. The van der Waals surface area contributed by atoms with E-state index in [-0.39, 0.29) is 17.4 Å². The molecule has 1 atom stereocenters. The Balaban J connectivity index is 2.02. The Morgan fingerprint density at radius 1 is 1.33 bits per heavy atom. The number of benzene rings is 1. The van der Waals surface area contributed by atoms with E-state index in [2.05, 4.69) is 15.4 Å². The molecule has 1 fully saturated rings. The number of nitrogens with zero attached hydrogens (tertiary/aromatic N) is 1. The van der Waals surface area contributed by atoms with Crippen LogP contribution in [-0.2, 0) is 14.3 Å². The van der Waals surface area contributed by atoms with Crippen LogP contribution in [0, 0.1) is 0 Å². The van der Waals surface area contributed by atoms with Gasteiger partial charge in [0.25, 0.3) is 5.91 Å². The van der Waals surface area contributed by atoms with Crippen molar-refractivity contribution < 1.29 is 23.9 Å². The number of hydrogen-bond donors (Lipinski definition) is 2. The lowest BCUT2D eigenvalue weighted by atomic mass is 10.1. The summed E-state index contributed by atoms with van der Waals surface area (Å²) >= 11 is 5.29. The summed E-state index contributed by atoms with van der Waals surface area (Å²) < 4.78 is 10.1. The molecule has 0 aliphatic carbocycles. The molecule has 27 heavy (non-hydrogen) atoms. The van der Waals surface area contributed by atoms with E-state index in [1.165, 1.54) is 12.0 Å². The molecule has 9 heteroatoms. The van der Waals surface area contributed by atoms with Crippen LogP contribution in [0.3, 0.4) is 0 Å². The molecule has 0 spiro atoms. The first-order chi connectivity index (χ1) is 13.0. The van der Waals surface area contributed by atoms with Gasteiger partial charge in [0.1, 0.15) is 11.8 Å². The largest absolute Gasteiger partial charge is 0.494 e. The Hall–Kier alpha value is -2.68. The van der Waals surface area contributed by atoms with Crippen LogP contribution in [0.15, 0.2) is 24.3 Å². The number of methoxy groups -OCH3 is 1. The summed E-state index contributed by atoms with van der Waals surface area (Å²) in [5.41, 5.74) is 0.409. The van der Waals surface area contributed by atoms with E-state index in [9.17, 15) is 14.4 Å². The van der Waals surface area contributed by atoms with E-state index >= 15 is 0 Å². The van der Waals surface area contributed by atoms with E-state index in [1.807, 2.05) is 6.92 Å². The van der Waals surface area contributed by atoms with Gasteiger partial charge in [-0.1, -0.05) is 6.92 Å². The Labute approximate surface area is 163 Å². The number of rotatable bonds is 6. The molecule has 1 aliphatic rings. The standard InChI is InChI=1S/C18H23N3O5S/c1-3-10-26-13-6-4-12(5-7-13)16(23)20-18(27)21-9-8-19-17(24)14(21)11-15(22)25-2/h4-7,14H,3,8-11H2,1-2H3,(H,19,24)(H,20,23,27). The van der Waals surface area contributed by atoms with Gasteiger partial charge in [0.2, 0.25) is 5.91 Å². The molecular weight excluding hydrogens is 370 g/mol. The zero-order valence-corrected chi connectivity index (χ0v) is 16.1. The highest BCUT2D eigenvalue weighted by Crippen LogP contribution is 2.14. The lowest BCUT2D eigenvalue weighted by Gasteiger charge is -2.36.